The zero-order valence-corrected chi connectivity index (χ0v) is 10.3. The van der Waals surface area contributed by atoms with Crippen molar-refractivity contribution >= 4 is 5.82 Å². The highest BCUT2D eigenvalue weighted by Gasteiger charge is 2.38. The van der Waals surface area contributed by atoms with Gasteiger partial charge in [0.1, 0.15) is 5.82 Å². The standard InChI is InChI=1S/C13H8F6N2/c14-12(15,16)8-2-3-9(10(5-8)13(17,18)19)7-1-4-11(20)21-6-7/h1-6H,(H2,20,21). The summed E-state index contributed by atoms with van der Waals surface area (Å²) in [6.45, 7) is 0. The summed E-state index contributed by atoms with van der Waals surface area (Å²) in [5.41, 5.74) is 2.24. The number of benzene rings is 1. The smallest absolute Gasteiger partial charge is 0.384 e. The van der Waals surface area contributed by atoms with E-state index in [4.69, 9.17) is 5.73 Å². The van der Waals surface area contributed by atoms with E-state index < -0.39 is 23.5 Å². The molecule has 0 fully saturated rings. The maximum Gasteiger partial charge on any atom is 0.417 e. The van der Waals surface area contributed by atoms with Crippen LogP contribution in [0.1, 0.15) is 11.1 Å². The SMILES string of the molecule is Nc1ccc(-c2ccc(C(F)(F)F)cc2C(F)(F)F)cn1. The molecule has 0 aliphatic carbocycles. The second kappa shape index (κ2) is 4.94. The molecule has 0 bridgehead atoms. The number of nitrogens with zero attached hydrogens (tertiary/aromatic N) is 1. The molecular weight excluding hydrogens is 298 g/mol. The average molecular weight is 306 g/mol. The third kappa shape index (κ3) is 3.26. The molecule has 1 heterocycles. The lowest BCUT2D eigenvalue weighted by molar-refractivity contribution is -0.142. The minimum Gasteiger partial charge on any atom is -0.384 e. The quantitative estimate of drug-likeness (QED) is 0.795. The van der Waals surface area contributed by atoms with E-state index in [1.807, 2.05) is 0 Å². The van der Waals surface area contributed by atoms with Crippen molar-refractivity contribution in [2.24, 2.45) is 0 Å². The van der Waals surface area contributed by atoms with Crippen LogP contribution >= 0.6 is 0 Å². The van der Waals surface area contributed by atoms with E-state index in [0.717, 1.165) is 12.3 Å². The van der Waals surface area contributed by atoms with Crippen molar-refractivity contribution in [3.63, 3.8) is 0 Å². The molecule has 0 saturated heterocycles. The van der Waals surface area contributed by atoms with E-state index in [1.165, 1.54) is 12.1 Å². The van der Waals surface area contributed by atoms with Gasteiger partial charge in [0.2, 0.25) is 0 Å². The molecule has 0 aliphatic heterocycles. The van der Waals surface area contributed by atoms with Crippen molar-refractivity contribution < 1.29 is 26.3 Å². The predicted octanol–water partition coefficient (Wildman–Crippen LogP) is 4.37. The average Bonchev–Trinajstić information content (AvgIpc) is 2.37. The van der Waals surface area contributed by atoms with Crippen molar-refractivity contribution in [3.8, 4) is 11.1 Å². The van der Waals surface area contributed by atoms with E-state index in [1.54, 1.807) is 0 Å². The second-order valence-corrected chi connectivity index (χ2v) is 4.23. The van der Waals surface area contributed by atoms with Crippen LogP contribution in [0.4, 0.5) is 32.2 Å². The summed E-state index contributed by atoms with van der Waals surface area (Å²) in [7, 11) is 0. The van der Waals surface area contributed by atoms with E-state index in [0.29, 0.717) is 6.07 Å². The maximum absolute atomic E-state index is 13.0. The lowest BCUT2D eigenvalue weighted by Crippen LogP contribution is -2.12. The first-order valence-electron chi connectivity index (χ1n) is 5.59. The van der Waals surface area contributed by atoms with Crippen molar-refractivity contribution in [2.75, 3.05) is 5.73 Å². The van der Waals surface area contributed by atoms with Gasteiger partial charge in [0.05, 0.1) is 11.1 Å². The minimum absolute atomic E-state index is 0.0326. The summed E-state index contributed by atoms with van der Waals surface area (Å²) >= 11 is 0. The Morgan fingerprint density at radius 2 is 1.52 bits per heavy atom. The third-order valence-electron chi connectivity index (χ3n) is 2.75. The van der Waals surface area contributed by atoms with Gasteiger partial charge in [-0.3, -0.25) is 0 Å². The van der Waals surface area contributed by atoms with E-state index in [9.17, 15) is 26.3 Å². The molecule has 0 unspecified atom stereocenters. The van der Waals surface area contributed by atoms with Gasteiger partial charge in [-0.1, -0.05) is 6.07 Å². The molecule has 0 saturated carbocycles. The molecule has 1 aromatic carbocycles. The summed E-state index contributed by atoms with van der Waals surface area (Å²) in [5, 5.41) is 0. The highest BCUT2D eigenvalue weighted by molar-refractivity contribution is 5.68. The number of hydrogen-bond acceptors (Lipinski definition) is 2. The Morgan fingerprint density at radius 1 is 0.857 bits per heavy atom. The van der Waals surface area contributed by atoms with Crippen molar-refractivity contribution in [1.82, 2.24) is 4.98 Å². The van der Waals surface area contributed by atoms with Crippen LogP contribution in [-0.2, 0) is 12.4 Å². The van der Waals surface area contributed by atoms with Crippen LogP contribution in [-0.4, -0.2) is 4.98 Å². The Hall–Kier alpha value is -2.25. The first-order chi connectivity index (χ1) is 9.59. The van der Waals surface area contributed by atoms with Crippen LogP contribution in [0.2, 0.25) is 0 Å². The van der Waals surface area contributed by atoms with Gasteiger partial charge in [-0.15, -0.1) is 0 Å². The van der Waals surface area contributed by atoms with Gasteiger partial charge >= 0.3 is 12.4 Å². The van der Waals surface area contributed by atoms with Crippen LogP contribution in [0, 0.1) is 0 Å². The number of nitrogen functional groups attached to an aromatic ring is 1. The van der Waals surface area contributed by atoms with E-state index in [-0.39, 0.29) is 23.0 Å². The molecule has 2 nitrogen and oxygen atoms in total. The molecule has 0 atom stereocenters. The van der Waals surface area contributed by atoms with E-state index in [2.05, 4.69) is 4.98 Å². The summed E-state index contributed by atoms with van der Waals surface area (Å²) in [5.74, 6) is 0.0965. The molecule has 2 aromatic rings. The van der Waals surface area contributed by atoms with Gasteiger partial charge in [0.15, 0.2) is 0 Å². The highest BCUT2D eigenvalue weighted by atomic mass is 19.4. The lowest BCUT2D eigenvalue weighted by Gasteiger charge is -2.16. The fraction of sp³-hybridized carbons (Fsp3) is 0.154. The molecule has 1 aromatic heterocycles. The van der Waals surface area contributed by atoms with Gasteiger partial charge in [0.25, 0.3) is 0 Å². The monoisotopic (exact) mass is 306 g/mol. The number of hydrogen-bond donors (Lipinski definition) is 1. The number of halogens is 6. The summed E-state index contributed by atoms with van der Waals surface area (Å²) in [6.07, 6.45) is -8.69. The van der Waals surface area contributed by atoms with E-state index >= 15 is 0 Å². The first kappa shape index (κ1) is 15.1. The predicted molar refractivity (Wildman–Crippen MR) is 64.1 cm³/mol. The number of aromatic nitrogens is 1. The molecule has 21 heavy (non-hydrogen) atoms. The van der Waals surface area contributed by atoms with Gasteiger partial charge in [-0.25, -0.2) is 4.98 Å². The molecule has 2 rings (SSSR count). The largest absolute Gasteiger partial charge is 0.417 e. The van der Waals surface area contributed by atoms with Crippen molar-refractivity contribution in [3.05, 3.63) is 47.7 Å². The molecule has 0 aliphatic rings. The summed E-state index contributed by atoms with van der Waals surface area (Å²) in [4.78, 5) is 3.64. The van der Waals surface area contributed by atoms with Crippen LogP contribution in [0.25, 0.3) is 11.1 Å². The Labute approximate surface area is 115 Å². The number of alkyl halides is 6. The number of pyridine rings is 1. The van der Waals surface area contributed by atoms with Crippen molar-refractivity contribution in [1.29, 1.82) is 0 Å². The fourth-order valence-corrected chi connectivity index (χ4v) is 1.77. The fourth-order valence-electron chi connectivity index (χ4n) is 1.77. The summed E-state index contributed by atoms with van der Waals surface area (Å²) in [6, 6.07) is 4.00. The summed E-state index contributed by atoms with van der Waals surface area (Å²) < 4.78 is 76.5. The highest BCUT2D eigenvalue weighted by Crippen LogP contribution is 2.40. The minimum atomic E-state index is -4.92. The Morgan fingerprint density at radius 3 is 2.00 bits per heavy atom. The zero-order chi connectivity index (χ0) is 15.8. The molecular formula is C13H8F6N2. The number of nitrogens with two attached hydrogens (primary N) is 1. The van der Waals surface area contributed by atoms with Crippen LogP contribution < -0.4 is 5.73 Å². The molecule has 0 amide bonds. The molecule has 0 spiro atoms. The first-order valence-corrected chi connectivity index (χ1v) is 5.59. The second-order valence-electron chi connectivity index (χ2n) is 4.23. The Balaban J connectivity index is 2.63. The maximum atomic E-state index is 13.0. The Bertz CT molecular complexity index is 643. The normalized spacial score (nSPS) is 12.5. The van der Waals surface area contributed by atoms with Crippen LogP contribution in [0.3, 0.4) is 0 Å². The molecule has 112 valence electrons. The number of anilines is 1. The molecule has 2 N–H and O–H groups in total. The third-order valence-corrected chi connectivity index (χ3v) is 2.75. The van der Waals surface area contributed by atoms with Crippen LogP contribution in [0.15, 0.2) is 36.5 Å². The number of rotatable bonds is 1. The van der Waals surface area contributed by atoms with Gasteiger partial charge in [-0.05, 0) is 29.8 Å². The van der Waals surface area contributed by atoms with Crippen molar-refractivity contribution in [2.45, 2.75) is 12.4 Å². The zero-order valence-electron chi connectivity index (χ0n) is 10.3. The van der Waals surface area contributed by atoms with Crippen LogP contribution in [0.5, 0.6) is 0 Å². The van der Waals surface area contributed by atoms with Gasteiger partial charge < -0.3 is 5.73 Å². The molecule has 0 radical (unpaired) electrons. The van der Waals surface area contributed by atoms with Gasteiger partial charge in [-0.2, -0.15) is 26.3 Å². The Kier molecular flexibility index (Phi) is 3.56. The molecule has 8 heteroatoms. The lowest BCUT2D eigenvalue weighted by atomic mass is 9.98. The topological polar surface area (TPSA) is 38.9 Å². The van der Waals surface area contributed by atoms with Gasteiger partial charge in [0, 0.05) is 11.8 Å².